The number of nitriles is 1. The van der Waals surface area contributed by atoms with Gasteiger partial charge in [0.1, 0.15) is 17.4 Å². The molecule has 0 aromatic heterocycles. The second-order valence-electron chi connectivity index (χ2n) is 5.58. The molecule has 136 valence electrons. The van der Waals surface area contributed by atoms with E-state index in [1.807, 2.05) is 13.0 Å². The molecule has 0 saturated heterocycles. The fourth-order valence-electron chi connectivity index (χ4n) is 2.81. The molecule has 8 heteroatoms. The van der Waals surface area contributed by atoms with E-state index in [1.54, 1.807) is 13.0 Å². The number of allylic oxidation sites excluding steroid dienone is 2. The molecule has 1 aromatic rings. The maximum absolute atomic E-state index is 12.6. The quantitative estimate of drug-likeness (QED) is 0.470. The fourth-order valence-corrected chi connectivity index (χ4v) is 2.81. The van der Waals surface area contributed by atoms with E-state index in [0.717, 1.165) is 0 Å². The zero-order chi connectivity index (χ0) is 19.3. The molecule has 1 atom stereocenters. The first-order chi connectivity index (χ1) is 12.4. The average molecular weight is 357 g/mol. The van der Waals surface area contributed by atoms with Crippen molar-refractivity contribution in [3.8, 4) is 6.07 Å². The molecule has 0 unspecified atom stereocenters. The van der Waals surface area contributed by atoms with Crippen molar-refractivity contribution >= 4 is 11.7 Å². The Morgan fingerprint density at radius 3 is 2.77 bits per heavy atom. The highest BCUT2D eigenvalue weighted by Gasteiger charge is 2.37. The van der Waals surface area contributed by atoms with E-state index < -0.39 is 16.8 Å². The van der Waals surface area contributed by atoms with Gasteiger partial charge in [-0.2, -0.15) is 5.26 Å². The first-order valence-electron chi connectivity index (χ1n) is 8.16. The lowest BCUT2D eigenvalue weighted by Gasteiger charge is -2.28. The van der Waals surface area contributed by atoms with Gasteiger partial charge in [0.25, 0.3) is 5.69 Å². The van der Waals surface area contributed by atoms with Crippen LogP contribution < -0.4 is 5.73 Å². The summed E-state index contributed by atoms with van der Waals surface area (Å²) in [7, 11) is 0. The number of hydrogen-bond donors (Lipinski definition) is 1. The van der Waals surface area contributed by atoms with E-state index in [1.165, 1.54) is 18.2 Å². The van der Waals surface area contributed by atoms with E-state index in [-0.39, 0.29) is 29.3 Å². The summed E-state index contributed by atoms with van der Waals surface area (Å²) in [5, 5.41) is 20.7. The predicted molar refractivity (Wildman–Crippen MR) is 92.3 cm³/mol. The standard InChI is InChI=1S/C18H19N3O5/c1-3-6-14-16(18(22)25-4-2)15(13(10-19)17(20)26-14)11-7-5-8-12(9-11)21(23)24/h5,7-9,15H,3-4,6,20H2,1-2H3/t15-/m0/s1. The van der Waals surface area contributed by atoms with E-state index >= 15 is 0 Å². The highest BCUT2D eigenvalue weighted by molar-refractivity contribution is 5.92. The number of nitro benzene ring substituents is 1. The number of carbonyl (C=O) groups excluding carboxylic acids is 1. The van der Waals surface area contributed by atoms with Crippen LogP contribution >= 0.6 is 0 Å². The number of carbonyl (C=O) groups is 1. The van der Waals surface area contributed by atoms with Gasteiger partial charge in [-0.05, 0) is 18.9 Å². The highest BCUT2D eigenvalue weighted by atomic mass is 16.6. The van der Waals surface area contributed by atoms with Crippen molar-refractivity contribution in [1.82, 2.24) is 0 Å². The zero-order valence-electron chi connectivity index (χ0n) is 14.5. The summed E-state index contributed by atoms with van der Waals surface area (Å²) in [4.78, 5) is 23.2. The number of ether oxygens (including phenoxy) is 2. The average Bonchev–Trinajstić information content (AvgIpc) is 2.61. The van der Waals surface area contributed by atoms with Gasteiger partial charge >= 0.3 is 5.97 Å². The van der Waals surface area contributed by atoms with Crippen LogP contribution in [0.25, 0.3) is 0 Å². The van der Waals surface area contributed by atoms with Gasteiger partial charge in [0.2, 0.25) is 5.88 Å². The molecule has 0 amide bonds. The third-order valence-corrected chi connectivity index (χ3v) is 3.88. The normalized spacial score (nSPS) is 16.7. The molecule has 1 aliphatic rings. The molecule has 0 aliphatic carbocycles. The lowest BCUT2D eigenvalue weighted by Crippen LogP contribution is -2.26. The summed E-state index contributed by atoms with van der Waals surface area (Å²) in [6.07, 6.45) is 1.09. The molecule has 2 rings (SSSR count). The Bertz CT molecular complexity index is 835. The summed E-state index contributed by atoms with van der Waals surface area (Å²) < 4.78 is 10.7. The topological polar surface area (TPSA) is 128 Å². The molecule has 0 bridgehead atoms. The first-order valence-corrected chi connectivity index (χ1v) is 8.16. The van der Waals surface area contributed by atoms with Gasteiger partial charge in [-0.1, -0.05) is 19.1 Å². The number of non-ortho nitro benzene ring substituents is 1. The Labute approximate surface area is 150 Å². The largest absolute Gasteiger partial charge is 0.463 e. The molecule has 1 heterocycles. The number of benzene rings is 1. The maximum Gasteiger partial charge on any atom is 0.338 e. The molecule has 0 fully saturated rings. The van der Waals surface area contributed by atoms with Crippen molar-refractivity contribution in [2.75, 3.05) is 6.61 Å². The van der Waals surface area contributed by atoms with Gasteiger partial charge in [-0.25, -0.2) is 4.79 Å². The van der Waals surface area contributed by atoms with Crippen LogP contribution in [0.3, 0.4) is 0 Å². The van der Waals surface area contributed by atoms with Crippen LogP contribution in [0.15, 0.2) is 47.1 Å². The minimum Gasteiger partial charge on any atom is -0.463 e. The second-order valence-corrected chi connectivity index (χ2v) is 5.58. The van der Waals surface area contributed by atoms with Gasteiger partial charge in [0.15, 0.2) is 0 Å². The van der Waals surface area contributed by atoms with Crippen molar-refractivity contribution in [1.29, 1.82) is 5.26 Å². The Morgan fingerprint density at radius 1 is 1.46 bits per heavy atom. The second kappa shape index (κ2) is 8.16. The highest BCUT2D eigenvalue weighted by Crippen LogP contribution is 2.41. The maximum atomic E-state index is 12.6. The molecule has 0 saturated carbocycles. The van der Waals surface area contributed by atoms with Crippen LogP contribution in [-0.2, 0) is 14.3 Å². The monoisotopic (exact) mass is 357 g/mol. The summed E-state index contributed by atoms with van der Waals surface area (Å²) in [6.45, 7) is 3.71. The lowest BCUT2D eigenvalue weighted by atomic mass is 9.82. The summed E-state index contributed by atoms with van der Waals surface area (Å²) in [6, 6.07) is 7.72. The number of nitrogens with two attached hydrogens (primary N) is 1. The molecular formula is C18H19N3O5. The number of hydrogen-bond acceptors (Lipinski definition) is 7. The summed E-state index contributed by atoms with van der Waals surface area (Å²) in [5.41, 5.74) is 6.31. The smallest absolute Gasteiger partial charge is 0.338 e. The van der Waals surface area contributed by atoms with Crippen molar-refractivity contribution in [3.63, 3.8) is 0 Å². The Kier molecular flexibility index (Phi) is 5.96. The predicted octanol–water partition coefficient (Wildman–Crippen LogP) is 3.02. The van der Waals surface area contributed by atoms with E-state index in [0.29, 0.717) is 24.2 Å². The molecule has 26 heavy (non-hydrogen) atoms. The zero-order valence-corrected chi connectivity index (χ0v) is 14.5. The molecule has 1 aromatic carbocycles. The van der Waals surface area contributed by atoms with E-state index in [2.05, 4.69) is 0 Å². The van der Waals surface area contributed by atoms with E-state index in [4.69, 9.17) is 15.2 Å². The van der Waals surface area contributed by atoms with Crippen LogP contribution in [0.4, 0.5) is 5.69 Å². The van der Waals surface area contributed by atoms with Crippen LogP contribution in [-0.4, -0.2) is 17.5 Å². The van der Waals surface area contributed by atoms with Crippen LogP contribution in [0.5, 0.6) is 0 Å². The van der Waals surface area contributed by atoms with Crippen LogP contribution in [0.1, 0.15) is 38.2 Å². The molecular weight excluding hydrogens is 338 g/mol. The van der Waals surface area contributed by atoms with Gasteiger partial charge < -0.3 is 15.2 Å². The van der Waals surface area contributed by atoms with Crippen molar-refractivity contribution < 1.29 is 19.2 Å². The van der Waals surface area contributed by atoms with Crippen molar-refractivity contribution in [2.24, 2.45) is 5.73 Å². The Morgan fingerprint density at radius 2 is 2.19 bits per heavy atom. The third-order valence-electron chi connectivity index (χ3n) is 3.88. The SMILES string of the molecule is CCCC1=C(C(=O)OCC)[C@@H](c2cccc([N+](=O)[O-])c2)C(C#N)=C(N)O1. The van der Waals surface area contributed by atoms with Gasteiger partial charge in [-0.15, -0.1) is 0 Å². The number of nitrogens with zero attached hydrogens (tertiary/aromatic N) is 2. The number of nitro groups is 1. The molecule has 8 nitrogen and oxygen atoms in total. The first kappa shape index (κ1) is 19.0. The van der Waals surface area contributed by atoms with Gasteiger partial charge in [0.05, 0.1) is 23.0 Å². The van der Waals surface area contributed by atoms with E-state index in [9.17, 15) is 20.2 Å². The fraction of sp³-hybridized carbons (Fsp3) is 0.333. The molecule has 1 aliphatic heterocycles. The third kappa shape index (κ3) is 3.67. The van der Waals surface area contributed by atoms with Crippen LogP contribution in [0.2, 0.25) is 0 Å². The molecule has 2 N–H and O–H groups in total. The Hall–Kier alpha value is -3.34. The summed E-state index contributed by atoms with van der Waals surface area (Å²) >= 11 is 0. The number of rotatable bonds is 6. The Balaban J connectivity index is 2.69. The van der Waals surface area contributed by atoms with Gasteiger partial charge in [-0.3, -0.25) is 10.1 Å². The van der Waals surface area contributed by atoms with Crippen LogP contribution in [0, 0.1) is 21.4 Å². The van der Waals surface area contributed by atoms with Crippen molar-refractivity contribution in [3.05, 3.63) is 62.7 Å². The minimum atomic E-state index is -0.880. The van der Waals surface area contributed by atoms with Crippen molar-refractivity contribution in [2.45, 2.75) is 32.6 Å². The van der Waals surface area contributed by atoms with Gasteiger partial charge in [0, 0.05) is 18.6 Å². The minimum absolute atomic E-state index is 0.0217. The lowest BCUT2D eigenvalue weighted by molar-refractivity contribution is -0.384. The molecule has 0 radical (unpaired) electrons. The number of esters is 1. The summed E-state index contributed by atoms with van der Waals surface area (Å²) in [5.74, 6) is -1.30. The molecule has 0 spiro atoms.